The van der Waals surface area contributed by atoms with Crippen molar-refractivity contribution in [3.8, 4) is 0 Å². The van der Waals surface area contributed by atoms with E-state index in [1.54, 1.807) is 0 Å². The van der Waals surface area contributed by atoms with Gasteiger partial charge in [-0.15, -0.1) is 0 Å². The number of aromatic nitrogens is 1. The predicted molar refractivity (Wildman–Crippen MR) is 79.3 cm³/mol. The van der Waals surface area contributed by atoms with Crippen molar-refractivity contribution in [1.29, 1.82) is 0 Å². The molecule has 0 radical (unpaired) electrons. The molecule has 0 spiro atoms. The van der Waals surface area contributed by atoms with Crippen LogP contribution in [0, 0.1) is 5.92 Å². The first-order valence-electron chi connectivity index (χ1n) is 7.87. The summed E-state index contributed by atoms with van der Waals surface area (Å²) in [6.07, 6.45) is 7.52. The molecular formula is C16H25N3O. The number of nitrogens with zero attached hydrogens (tertiary/aromatic N) is 2. The lowest BCUT2D eigenvalue weighted by atomic mass is 9.97. The molecule has 0 aliphatic carbocycles. The Morgan fingerprint density at radius 3 is 2.85 bits per heavy atom. The van der Waals surface area contributed by atoms with Crippen molar-refractivity contribution >= 4 is 5.91 Å². The Bertz CT molecular complexity index is 464. The summed E-state index contributed by atoms with van der Waals surface area (Å²) in [5.41, 5.74) is 1.28. The molecule has 0 saturated carbocycles. The zero-order valence-corrected chi connectivity index (χ0v) is 12.3. The van der Waals surface area contributed by atoms with Gasteiger partial charge >= 0.3 is 0 Å². The fourth-order valence-electron chi connectivity index (χ4n) is 3.39. The SMILES string of the molecule is Cn1cccc1C1CCCCCN1C(=O)CC1CNC1. The van der Waals surface area contributed by atoms with Crippen LogP contribution >= 0.6 is 0 Å². The number of carbonyl (C=O) groups is 1. The Kier molecular flexibility index (Phi) is 4.10. The zero-order valence-electron chi connectivity index (χ0n) is 12.3. The number of likely N-dealkylation sites (tertiary alicyclic amines) is 1. The van der Waals surface area contributed by atoms with Crippen LogP contribution in [-0.4, -0.2) is 35.0 Å². The van der Waals surface area contributed by atoms with Crippen molar-refractivity contribution in [2.45, 2.75) is 38.1 Å². The summed E-state index contributed by atoms with van der Waals surface area (Å²) in [4.78, 5) is 14.8. The van der Waals surface area contributed by atoms with Crippen LogP contribution in [0.3, 0.4) is 0 Å². The summed E-state index contributed by atoms with van der Waals surface area (Å²) in [5, 5.41) is 3.25. The summed E-state index contributed by atoms with van der Waals surface area (Å²) in [5.74, 6) is 0.907. The lowest BCUT2D eigenvalue weighted by Crippen LogP contribution is -2.46. The molecule has 2 aliphatic heterocycles. The van der Waals surface area contributed by atoms with Crippen molar-refractivity contribution in [3.05, 3.63) is 24.0 Å². The van der Waals surface area contributed by atoms with Crippen molar-refractivity contribution < 1.29 is 4.79 Å². The van der Waals surface area contributed by atoms with Crippen molar-refractivity contribution in [3.63, 3.8) is 0 Å². The van der Waals surface area contributed by atoms with Gasteiger partial charge in [0.05, 0.1) is 6.04 Å². The van der Waals surface area contributed by atoms with Gasteiger partial charge in [-0.25, -0.2) is 0 Å². The van der Waals surface area contributed by atoms with Crippen LogP contribution in [0.1, 0.15) is 43.8 Å². The molecule has 2 aliphatic rings. The van der Waals surface area contributed by atoms with Crippen LogP contribution in [0.4, 0.5) is 0 Å². The van der Waals surface area contributed by atoms with E-state index in [2.05, 4.69) is 40.2 Å². The summed E-state index contributed by atoms with van der Waals surface area (Å²) in [7, 11) is 2.08. The first-order valence-corrected chi connectivity index (χ1v) is 7.87. The fraction of sp³-hybridized carbons (Fsp3) is 0.688. The lowest BCUT2D eigenvalue weighted by Gasteiger charge is -2.34. The molecule has 3 heterocycles. The average molecular weight is 275 g/mol. The summed E-state index contributed by atoms with van der Waals surface area (Å²) < 4.78 is 2.17. The molecule has 2 fully saturated rings. The van der Waals surface area contributed by atoms with Crippen molar-refractivity contribution in [1.82, 2.24) is 14.8 Å². The summed E-state index contributed by atoms with van der Waals surface area (Å²) in [6.45, 7) is 2.94. The molecule has 0 aromatic carbocycles. The van der Waals surface area contributed by atoms with Gasteiger partial charge in [-0.1, -0.05) is 12.8 Å². The molecule has 1 N–H and O–H groups in total. The molecule has 20 heavy (non-hydrogen) atoms. The van der Waals surface area contributed by atoms with E-state index in [4.69, 9.17) is 0 Å². The Balaban J connectivity index is 1.76. The van der Waals surface area contributed by atoms with E-state index < -0.39 is 0 Å². The molecule has 1 aromatic rings. The Labute approximate surface area is 121 Å². The first-order chi connectivity index (χ1) is 9.75. The highest BCUT2D eigenvalue weighted by molar-refractivity contribution is 5.77. The van der Waals surface area contributed by atoms with Crippen LogP contribution in [-0.2, 0) is 11.8 Å². The standard InChI is InChI=1S/C16H25N3O/c1-18-8-5-7-14(18)15-6-3-2-4-9-19(15)16(20)10-13-11-17-12-13/h5,7-8,13,15,17H,2-4,6,9-12H2,1H3. The number of hydrogen-bond acceptors (Lipinski definition) is 2. The van der Waals surface area contributed by atoms with Gasteiger partial charge in [0.1, 0.15) is 0 Å². The van der Waals surface area contributed by atoms with Crippen LogP contribution in [0.15, 0.2) is 18.3 Å². The number of nitrogens with one attached hydrogen (secondary N) is 1. The van der Waals surface area contributed by atoms with Gasteiger partial charge in [-0.05, 0) is 44.0 Å². The molecule has 4 nitrogen and oxygen atoms in total. The van der Waals surface area contributed by atoms with E-state index in [1.807, 2.05) is 0 Å². The van der Waals surface area contributed by atoms with Gasteiger partial charge in [-0.2, -0.15) is 0 Å². The summed E-state index contributed by atoms with van der Waals surface area (Å²) >= 11 is 0. The highest BCUT2D eigenvalue weighted by Gasteiger charge is 2.30. The molecule has 1 aromatic heterocycles. The molecule has 2 saturated heterocycles. The highest BCUT2D eigenvalue weighted by Crippen LogP contribution is 2.31. The number of hydrogen-bond donors (Lipinski definition) is 1. The first kappa shape index (κ1) is 13.7. The van der Waals surface area contributed by atoms with E-state index in [9.17, 15) is 4.79 Å². The van der Waals surface area contributed by atoms with E-state index >= 15 is 0 Å². The van der Waals surface area contributed by atoms with Crippen molar-refractivity contribution in [2.75, 3.05) is 19.6 Å². The fourth-order valence-corrected chi connectivity index (χ4v) is 3.39. The number of rotatable bonds is 3. The second kappa shape index (κ2) is 6.00. The third kappa shape index (κ3) is 2.75. The molecule has 0 bridgehead atoms. The van der Waals surface area contributed by atoms with E-state index in [-0.39, 0.29) is 6.04 Å². The van der Waals surface area contributed by atoms with Crippen LogP contribution in [0.25, 0.3) is 0 Å². The highest BCUT2D eigenvalue weighted by atomic mass is 16.2. The van der Waals surface area contributed by atoms with Crippen LogP contribution < -0.4 is 5.32 Å². The second-order valence-electron chi connectivity index (χ2n) is 6.22. The average Bonchev–Trinajstić information content (AvgIpc) is 2.67. The van der Waals surface area contributed by atoms with E-state index in [1.165, 1.54) is 18.5 Å². The van der Waals surface area contributed by atoms with E-state index in [0.29, 0.717) is 18.2 Å². The molecular weight excluding hydrogens is 250 g/mol. The van der Waals surface area contributed by atoms with Gasteiger partial charge in [-0.3, -0.25) is 4.79 Å². The largest absolute Gasteiger partial charge is 0.353 e. The van der Waals surface area contributed by atoms with Crippen LogP contribution in [0.5, 0.6) is 0 Å². The molecule has 1 amide bonds. The molecule has 3 rings (SSSR count). The maximum Gasteiger partial charge on any atom is 0.223 e. The second-order valence-corrected chi connectivity index (χ2v) is 6.22. The smallest absolute Gasteiger partial charge is 0.223 e. The minimum Gasteiger partial charge on any atom is -0.353 e. The Hall–Kier alpha value is -1.29. The maximum atomic E-state index is 12.7. The van der Waals surface area contributed by atoms with E-state index in [0.717, 1.165) is 32.5 Å². The lowest BCUT2D eigenvalue weighted by molar-refractivity contribution is -0.135. The molecule has 4 heteroatoms. The maximum absolute atomic E-state index is 12.7. The molecule has 1 atom stereocenters. The van der Waals surface area contributed by atoms with Gasteiger partial charge in [0, 0.05) is 31.9 Å². The minimum absolute atomic E-state index is 0.276. The van der Waals surface area contributed by atoms with Gasteiger partial charge in [0.15, 0.2) is 0 Å². The zero-order chi connectivity index (χ0) is 13.9. The monoisotopic (exact) mass is 275 g/mol. The molecule has 110 valence electrons. The Morgan fingerprint density at radius 2 is 2.20 bits per heavy atom. The number of amides is 1. The van der Waals surface area contributed by atoms with Gasteiger partial charge in [0.2, 0.25) is 5.91 Å². The minimum atomic E-state index is 0.276. The third-order valence-electron chi connectivity index (χ3n) is 4.73. The quantitative estimate of drug-likeness (QED) is 0.917. The van der Waals surface area contributed by atoms with Crippen LogP contribution in [0.2, 0.25) is 0 Å². The van der Waals surface area contributed by atoms with Gasteiger partial charge in [0.25, 0.3) is 0 Å². The molecule has 1 unspecified atom stereocenters. The Morgan fingerprint density at radius 1 is 1.35 bits per heavy atom. The predicted octanol–water partition coefficient (Wildman–Crippen LogP) is 2.08. The third-order valence-corrected chi connectivity index (χ3v) is 4.73. The number of carbonyl (C=O) groups excluding carboxylic acids is 1. The topological polar surface area (TPSA) is 37.3 Å². The number of aryl methyl sites for hydroxylation is 1. The van der Waals surface area contributed by atoms with Crippen molar-refractivity contribution in [2.24, 2.45) is 13.0 Å². The summed E-state index contributed by atoms with van der Waals surface area (Å²) in [6, 6.07) is 4.53. The normalized spacial score (nSPS) is 24.2. The van der Waals surface area contributed by atoms with Gasteiger partial charge < -0.3 is 14.8 Å².